The lowest BCUT2D eigenvalue weighted by atomic mass is 9.77. The summed E-state index contributed by atoms with van der Waals surface area (Å²) in [6, 6.07) is 15.3. The third-order valence-electron chi connectivity index (χ3n) is 10.3. The smallest absolute Gasteiger partial charge is 0.261 e. The van der Waals surface area contributed by atoms with Crippen molar-refractivity contribution in [1.82, 2.24) is 25.0 Å². The largest absolute Gasteiger partial charge is 0.488 e. The Morgan fingerprint density at radius 3 is 2.35 bits per heavy atom. The van der Waals surface area contributed by atoms with Crippen molar-refractivity contribution in [3.05, 3.63) is 94.8 Å². The molecule has 1 aliphatic carbocycles. The van der Waals surface area contributed by atoms with Gasteiger partial charge in [-0.1, -0.05) is 37.1 Å². The Morgan fingerprint density at radius 1 is 0.896 bits per heavy atom. The monoisotopic (exact) mass is 649 g/mol. The number of ether oxygens (including phenoxy) is 1. The van der Waals surface area contributed by atoms with Crippen LogP contribution in [0.4, 0.5) is 0 Å². The van der Waals surface area contributed by atoms with E-state index in [9.17, 15) is 24.0 Å². The lowest BCUT2D eigenvalue weighted by Gasteiger charge is -2.43. The second kappa shape index (κ2) is 13.2. The van der Waals surface area contributed by atoms with Crippen molar-refractivity contribution in [2.45, 2.75) is 50.7 Å². The van der Waals surface area contributed by atoms with Gasteiger partial charge in [-0.15, -0.1) is 0 Å². The van der Waals surface area contributed by atoms with Gasteiger partial charge >= 0.3 is 0 Å². The predicted octanol–water partition coefficient (Wildman–Crippen LogP) is 3.65. The third-order valence-corrected chi connectivity index (χ3v) is 10.3. The summed E-state index contributed by atoms with van der Waals surface area (Å²) >= 11 is 0. The van der Waals surface area contributed by atoms with E-state index in [2.05, 4.69) is 10.3 Å². The highest BCUT2D eigenvalue weighted by atomic mass is 16.5. The van der Waals surface area contributed by atoms with E-state index in [-0.39, 0.29) is 30.4 Å². The van der Waals surface area contributed by atoms with Crippen molar-refractivity contribution in [3.8, 4) is 5.75 Å². The number of benzene rings is 2. The number of carbonyl (C=O) groups excluding carboxylic acids is 5. The molecular weight excluding hydrogens is 610 g/mol. The predicted molar refractivity (Wildman–Crippen MR) is 175 cm³/mol. The molecule has 7 rings (SSSR count). The van der Waals surface area contributed by atoms with Gasteiger partial charge in [-0.2, -0.15) is 0 Å². The van der Waals surface area contributed by atoms with E-state index in [4.69, 9.17) is 4.74 Å². The van der Waals surface area contributed by atoms with Gasteiger partial charge in [0, 0.05) is 56.4 Å². The summed E-state index contributed by atoms with van der Waals surface area (Å²) in [7, 11) is 1.60. The molecule has 1 unspecified atom stereocenters. The van der Waals surface area contributed by atoms with Gasteiger partial charge in [-0.25, -0.2) is 0 Å². The Balaban J connectivity index is 1.21. The minimum absolute atomic E-state index is 0.0426. The minimum Gasteiger partial charge on any atom is -0.488 e. The normalized spacial score (nSPS) is 23.5. The fraction of sp³-hybridized carbons (Fsp3) is 0.405. The first-order valence-corrected chi connectivity index (χ1v) is 16.8. The van der Waals surface area contributed by atoms with Crippen molar-refractivity contribution in [3.63, 3.8) is 0 Å². The van der Waals surface area contributed by atoms with Crippen LogP contribution in [0.15, 0.2) is 67.0 Å². The lowest BCUT2D eigenvalue weighted by Crippen LogP contribution is -2.51. The van der Waals surface area contributed by atoms with E-state index in [1.165, 1.54) is 4.90 Å². The van der Waals surface area contributed by atoms with E-state index in [1.54, 1.807) is 65.6 Å². The first kappa shape index (κ1) is 31.5. The van der Waals surface area contributed by atoms with Crippen LogP contribution in [-0.2, 0) is 16.0 Å². The van der Waals surface area contributed by atoms with Crippen LogP contribution in [0.3, 0.4) is 0 Å². The molecule has 0 spiro atoms. The van der Waals surface area contributed by atoms with Crippen molar-refractivity contribution in [2.24, 2.45) is 11.8 Å². The summed E-state index contributed by atoms with van der Waals surface area (Å²) in [6.45, 7) is 1.26. The summed E-state index contributed by atoms with van der Waals surface area (Å²) in [6.07, 6.45) is 7.03. The summed E-state index contributed by atoms with van der Waals surface area (Å²) in [5, 5.41) is 2.74. The maximum atomic E-state index is 14.5. The zero-order chi connectivity index (χ0) is 33.4. The second-order valence-corrected chi connectivity index (χ2v) is 13.0. The summed E-state index contributed by atoms with van der Waals surface area (Å²) in [4.78, 5) is 76.6. The lowest BCUT2D eigenvalue weighted by molar-refractivity contribution is -0.146. The number of pyridine rings is 1. The maximum absolute atomic E-state index is 14.5. The van der Waals surface area contributed by atoms with Gasteiger partial charge < -0.3 is 19.9 Å². The molecule has 5 amide bonds. The summed E-state index contributed by atoms with van der Waals surface area (Å²) in [5.41, 5.74) is 2.95. The molecule has 4 atom stereocenters. The average Bonchev–Trinajstić information content (AvgIpc) is 3.69. The topological polar surface area (TPSA) is 129 Å². The Hall–Kier alpha value is -5.06. The molecule has 4 aliphatic rings. The van der Waals surface area contributed by atoms with Gasteiger partial charge in [0.15, 0.2) is 0 Å². The number of hydrogen-bond acceptors (Lipinski definition) is 7. The number of fused-ring (bicyclic) bond motifs is 2. The van der Waals surface area contributed by atoms with Gasteiger partial charge in [0.1, 0.15) is 11.9 Å². The zero-order valence-corrected chi connectivity index (χ0v) is 27.0. The standard InChI is InChI=1S/C37H39N5O6/c1-38-33(43)26-10-2-3-11-27(26)35(45)41-19-15-23-8-6-14-31(48-25-16-18-40(21-25)34(44)24-9-7-17-39-20-24)32(23)30(41)22-42-36(46)28-12-4-5-13-29(28)37(42)47/h4-9,12-14,17,20,25-27,30H,2-3,10-11,15-16,18-19,21-22H2,1H3,(H,38,43)/t25-,26+,27?,30+/m0/s1. The number of hydrogen-bond donors (Lipinski definition) is 1. The highest BCUT2D eigenvalue weighted by Gasteiger charge is 2.45. The molecule has 1 N–H and O–H groups in total. The Labute approximate surface area is 279 Å². The number of carbonyl (C=O) groups is 5. The first-order valence-electron chi connectivity index (χ1n) is 16.8. The molecule has 4 heterocycles. The van der Waals surface area contributed by atoms with Gasteiger partial charge in [0.05, 0.1) is 35.8 Å². The van der Waals surface area contributed by atoms with E-state index < -0.39 is 29.7 Å². The van der Waals surface area contributed by atoms with Crippen molar-refractivity contribution < 1.29 is 28.7 Å². The minimum atomic E-state index is -0.679. The van der Waals surface area contributed by atoms with Gasteiger partial charge in [-0.3, -0.25) is 33.9 Å². The molecule has 1 aromatic heterocycles. The Bertz CT molecular complexity index is 1730. The second-order valence-electron chi connectivity index (χ2n) is 13.0. The van der Waals surface area contributed by atoms with Crippen LogP contribution < -0.4 is 10.1 Å². The van der Waals surface area contributed by atoms with Gasteiger partial charge in [0.2, 0.25) is 11.8 Å². The molecule has 1 saturated heterocycles. The third kappa shape index (κ3) is 5.71. The van der Waals surface area contributed by atoms with Crippen molar-refractivity contribution in [2.75, 3.05) is 33.2 Å². The molecule has 48 heavy (non-hydrogen) atoms. The maximum Gasteiger partial charge on any atom is 0.261 e. The highest BCUT2D eigenvalue weighted by molar-refractivity contribution is 6.21. The number of amides is 5. The van der Waals surface area contributed by atoms with Gasteiger partial charge in [-0.05, 0) is 55.2 Å². The molecule has 11 nitrogen and oxygen atoms in total. The summed E-state index contributed by atoms with van der Waals surface area (Å²) < 4.78 is 6.65. The van der Waals surface area contributed by atoms with Gasteiger partial charge in [0.25, 0.3) is 17.7 Å². The van der Waals surface area contributed by atoms with Crippen LogP contribution in [0.5, 0.6) is 5.75 Å². The van der Waals surface area contributed by atoms with Crippen LogP contribution in [-0.4, -0.2) is 88.6 Å². The molecule has 3 aromatic rings. The fourth-order valence-corrected chi connectivity index (χ4v) is 7.87. The van der Waals surface area contributed by atoms with Crippen LogP contribution in [0.2, 0.25) is 0 Å². The number of likely N-dealkylation sites (tertiary alicyclic amines) is 1. The number of rotatable bonds is 7. The average molecular weight is 650 g/mol. The van der Waals surface area contributed by atoms with Crippen LogP contribution in [0.25, 0.3) is 0 Å². The Morgan fingerprint density at radius 2 is 1.65 bits per heavy atom. The molecule has 0 radical (unpaired) electrons. The fourth-order valence-electron chi connectivity index (χ4n) is 7.87. The molecule has 0 bridgehead atoms. The van der Waals surface area contributed by atoms with Crippen LogP contribution in [0, 0.1) is 11.8 Å². The summed E-state index contributed by atoms with van der Waals surface area (Å²) in [5.74, 6) is -1.55. The van der Waals surface area contributed by atoms with Crippen LogP contribution in [0.1, 0.15) is 80.3 Å². The van der Waals surface area contributed by atoms with E-state index in [0.29, 0.717) is 67.8 Å². The van der Waals surface area contributed by atoms with E-state index in [1.807, 2.05) is 18.2 Å². The SMILES string of the molecule is CNC(=O)[C@@H]1CCCCC1C(=O)N1CCc2cccc(O[C@H]3CCN(C(=O)c4cccnc4)C3)c2[C@H]1CN1C(=O)c2ccccc2C1=O. The molecule has 248 valence electrons. The van der Waals surface area contributed by atoms with Crippen molar-refractivity contribution >= 4 is 29.5 Å². The van der Waals surface area contributed by atoms with E-state index in [0.717, 1.165) is 24.0 Å². The number of nitrogens with zero attached hydrogens (tertiary/aromatic N) is 4. The molecule has 2 aromatic carbocycles. The molecule has 2 fully saturated rings. The first-order chi connectivity index (χ1) is 23.4. The molecule has 1 saturated carbocycles. The van der Waals surface area contributed by atoms with Crippen molar-refractivity contribution in [1.29, 1.82) is 0 Å². The Kier molecular flexibility index (Phi) is 8.68. The van der Waals surface area contributed by atoms with Crippen LogP contribution >= 0.6 is 0 Å². The molecule has 3 aliphatic heterocycles. The quantitative estimate of drug-likeness (QED) is 0.387. The number of nitrogens with one attached hydrogen (secondary N) is 1. The molecule has 11 heteroatoms. The number of aromatic nitrogens is 1. The van der Waals surface area contributed by atoms with E-state index >= 15 is 0 Å². The number of imide groups is 1. The zero-order valence-electron chi connectivity index (χ0n) is 27.0. The highest BCUT2D eigenvalue weighted by Crippen LogP contribution is 2.42. The molecular formula is C37H39N5O6.